The van der Waals surface area contributed by atoms with Gasteiger partial charge in [0.1, 0.15) is 5.82 Å². The summed E-state index contributed by atoms with van der Waals surface area (Å²) < 4.78 is 52.1. The van der Waals surface area contributed by atoms with Crippen LogP contribution in [-0.4, -0.2) is 16.9 Å². The van der Waals surface area contributed by atoms with Gasteiger partial charge in [0.2, 0.25) is 0 Å². The van der Waals surface area contributed by atoms with Crippen molar-refractivity contribution in [2.75, 3.05) is 0 Å². The Hall–Kier alpha value is -0.620. The average Bonchev–Trinajstić information content (AvgIpc) is 2.33. The lowest BCUT2D eigenvalue weighted by Crippen LogP contribution is -2.40. The number of alkyl halides is 3. The van der Waals surface area contributed by atoms with Crippen LogP contribution < -0.4 is 0 Å². The van der Waals surface area contributed by atoms with Crippen molar-refractivity contribution in [1.82, 2.24) is 0 Å². The number of halogens is 5. The SMILES string of the molecule is OC1(Cc2cc(Br)ccc2F)CCC(C(F)(F)F)CC1. The Kier molecular flexibility index (Phi) is 4.44. The van der Waals surface area contributed by atoms with Gasteiger partial charge in [0.05, 0.1) is 11.5 Å². The first-order valence-corrected chi connectivity index (χ1v) is 7.22. The molecule has 1 N–H and O–H groups in total. The minimum absolute atomic E-state index is 0.0445. The van der Waals surface area contributed by atoms with Gasteiger partial charge in [-0.2, -0.15) is 13.2 Å². The second-order valence-corrected chi connectivity index (χ2v) is 6.37. The van der Waals surface area contributed by atoms with E-state index in [-0.39, 0.29) is 32.1 Å². The van der Waals surface area contributed by atoms with Crippen molar-refractivity contribution in [1.29, 1.82) is 0 Å². The maximum Gasteiger partial charge on any atom is 0.391 e. The van der Waals surface area contributed by atoms with E-state index in [1.54, 1.807) is 12.1 Å². The molecule has 1 nitrogen and oxygen atoms in total. The molecule has 1 saturated carbocycles. The van der Waals surface area contributed by atoms with E-state index in [4.69, 9.17) is 0 Å². The van der Waals surface area contributed by atoms with Gasteiger partial charge in [-0.15, -0.1) is 0 Å². The molecular weight excluding hydrogens is 340 g/mol. The molecule has 1 aromatic carbocycles. The third kappa shape index (κ3) is 3.73. The summed E-state index contributed by atoms with van der Waals surface area (Å²) in [5.41, 5.74) is -0.920. The zero-order valence-corrected chi connectivity index (χ0v) is 12.3. The van der Waals surface area contributed by atoms with E-state index in [0.717, 1.165) is 0 Å². The van der Waals surface area contributed by atoms with Crippen molar-refractivity contribution < 1.29 is 22.7 Å². The largest absolute Gasteiger partial charge is 0.391 e. The average molecular weight is 355 g/mol. The van der Waals surface area contributed by atoms with Crippen LogP contribution in [0.3, 0.4) is 0 Å². The lowest BCUT2D eigenvalue weighted by atomic mass is 9.75. The van der Waals surface area contributed by atoms with Crippen molar-refractivity contribution >= 4 is 15.9 Å². The zero-order chi connectivity index (χ0) is 15.0. The smallest absolute Gasteiger partial charge is 0.390 e. The fraction of sp³-hybridized carbons (Fsp3) is 0.571. The van der Waals surface area contributed by atoms with Crippen molar-refractivity contribution in [2.45, 2.75) is 43.9 Å². The lowest BCUT2D eigenvalue weighted by molar-refractivity contribution is -0.192. The number of aliphatic hydroxyl groups is 1. The maximum absolute atomic E-state index is 13.6. The molecule has 0 atom stereocenters. The van der Waals surface area contributed by atoms with Crippen LogP contribution in [0.25, 0.3) is 0 Å². The number of rotatable bonds is 2. The van der Waals surface area contributed by atoms with Crippen LogP contribution in [0.1, 0.15) is 31.2 Å². The van der Waals surface area contributed by atoms with Crippen molar-refractivity contribution in [3.8, 4) is 0 Å². The van der Waals surface area contributed by atoms with E-state index in [9.17, 15) is 22.7 Å². The van der Waals surface area contributed by atoms with Gasteiger partial charge in [0, 0.05) is 10.9 Å². The Morgan fingerprint density at radius 2 is 1.85 bits per heavy atom. The predicted octanol–water partition coefficient (Wildman–Crippen LogP) is 4.61. The Morgan fingerprint density at radius 1 is 1.25 bits per heavy atom. The van der Waals surface area contributed by atoms with Gasteiger partial charge in [-0.3, -0.25) is 0 Å². The summed E-state index contributed by atoms with van der Waals surface area (Å²) in [4.78, 5) is 0. The normalized spacial score (nSPS) is 27.6. The van der Waals surface area contributed by atoms with Crippen molar-refractivity contribution in [2.24, 2.45) is 5.92 Å². The fourth-order valence-corrected chi connectivity index (χ4v) is 3.10. The molecule has 0 amide bonds. The van der Waals surface area contributed by atoms with Gasteiger partial charge in [-0.1, -0.05) is 15.9 Å². The first-order chi connectivity index (χ1) is 9.20. The van der Waals surface area contributed by atoms with Gasteiger partial charge >= 0.3 is 6.18 Å². The minimum Gasteiger partial charge on any atom is -0.390 e. The highest BCUT2D eigenvalue weighted by molar-refractivity contribution is 9.10. The van der Waals surface area contributed by atoms with Gasteiger partial charge in [0.15, 0.2) is 0 Å². The standard InChI is InChI=1S/C14H15BrF4O/c15-11-1-2-12(16)9(7-11)8-13(20)5-3-10(4-6-13)14(17,18)19/h1-2,7,10,20H,3-6,8H2. The second-order valence-electron chi connectivity index (χ2n) is 5.45. The summed E-state index contributed by atoms with van der Waals surface area (Å²) in [7, 11) is 0. The number of benzene rings is 1. The van der Waals surface area contributed by atoms with Crippen LogP contribution in [0.4, 0.5) is 17.6 Å². The van der Waals surface area contributed by atoms with E-state index in [1.807, 2.05) is 0 Å². The molecule has 1 aliphatic carbocycles. The Morgan fingerprint density at radius 3 is 2.40 bits per heavy atom. The van der Waals surface area contributed by atoms with E-state index in [1.165, 1.54) is 6.07 Å². The minimum atomic E-state index is -4.21. The Labute approximate surface area is 123 Å². The van der Waals surface area contributed by atoms with Crippen molar-refractivity contribution in [3.63, 3.8) is 0 Å². The molecule has 0 heterocycles. The summed E-state index contributed by atoms with van der Waals surface area (Å²) >= 11 is 3.22. The fourth-order valence-electron chi connectivity index (χ4n) is 2.69. The molecule has 0 aromatic heterocycles. The molecule has 0 saturated heterocycles. The molecule has 20 heavy (non-hydrogen) atoms. The van der Waals surface area contributed by atoms with E-state index in [2.05, 4.69) is 15.9 Å². The quantitative estimate of drug-likeness (QED) is 0.768. The van der Waals surface area contributed by atoms with Gasteiger partial charge < -0.3 is 5.11 Å². The van der Waals surface area contributed by atoms with Crippen LogP contribution in [0.5, 0.6) is 0 Å². The van der Waals surface area contributed by atoms with Gasteiger partial charge in [-0.25, -0.2) is 4.39 Å². The highest BCUT2D eigenvalue weighted by Crippen LogP contribution is 2.42. The van der Waals surface area contributed by atoms with Crippen LogP contribution in [0.15, 0.2) is 22.7 Å². The molecule has 112 valence electrons. The molecule has 0 bridgehead atoms. The molecule has 1 aromatic rings. The van der Waals surface area contributed by atoms with Crippen LogP contribution in [0.2, 0.25) is 0 Å². The first kappa shape index (κ1) is 15.8. The monoisotopic (exact) mass is 354 g/mol. The van der Waals surface area contributed by atoms with Crippen molar-refractivity contribution in [3.05, 3.63) is 34.1 Å². The topological polar surface area (TPSA) is 20.2 Å². The van der Waals surface area contributed by atoms with Crippen LogP contribution >= 0.6 is 15.9 Å². The van der Waals surface area contributed by atoms with Crippen LogP contribution in [-0.2, 0) is 6.42 Å². The van der Waals surface area contributed by atoms with Gasteiger partial charge in [-0.05, 0) is 49.4 Å². The van der Waals surface area contributed by atoms with Crippen LogP contribution in [0, 0.1) is 11.7 Å². The Bertz CT molecular complexity index is 479. The molecular formula is C14H15BrF4O. The molecule has 6 heteroatoms. The molecule has 2 rings (SSSR count). The number of hydrogen-bond donors (Lipinski definition) is 1. The predicted molar refractivity (Wildman–Crippen MR) is 70.8 cm³/mol. The molecule has 0 radical (unpaired) electrons. The molecule has 1 fully saturated rings. The lowest BCUT2D eigenvalue weighted by Gasteiger charge is -2.36. The molecule has 0 spiro atoms. The summed E-state index contributed by atoms with van der Waals surface area (Å²) in [5.74, 6) is -1.80. The summed E-state index contributed by atoms with van der Waals surface area (Å²) in [6.45, 7) is 0. The van der Waals surface area contributed by atoms with E-state index >= 15 is 0 Å². The third-order valence-electron chi connectivity index (χ3n) is 3.91. The summed E-state index contributed by atoms with van der Waals surface area (Å²) in [6, 6.07) is 4.39. The molecule has 1 aliphatic rings. The highest BCUT2D eigenvalue weighted by atomic mass is 79.9. The third-order valence-corrected chi connectivity index (χ3v) is 4.40. The first-order valence-electron chi connectivity index (χ1n) is 6.43. The summed E-state index contributed by atoms with van der Waals surface area (Å²) in [6.07, 6.45) is -4.28. The zero-order valence-electron chi connectivity index (χ0n) is 10.7. The second kappa shape index (κ2) is 5.64. The Balaban J connectivity index is 2.05. The molecule has 0 aliphatic heterocycles. The van der Waals surface area contributed by atoms with E-state index in [0.29, 0.717) is 10.0 Å². The highest BCUT2D eigenvalue weighted by Gasteiger charge is 2.45. The van der Waals surface area contributed by atoms with Gasteiger partial charge in [0.25, 0.3) is 0 Å². The molecule has 0 unspecified atom stereocenters. The number of hydrogen-bond acceptors (Lipinski definition) is 1. The van der Waals surface area contributed by atoms with E-state index < -0.39 is 23.5 Å². The summed E-state index contributed by atoms with van der Waals surface area (Å²) in [5, 5.41) is 10.4. The maximum atomic E-state index is 13.6.